The molecule has 0 heterocycles. The van der Waals surface area contributed by atoms with E-state index in [4.69, 9.17) is 0 Å². The van der Waals surface area contributed by atoms with Crippen LogP contribution >= 0.6 is 0 Å². The summed E-state index contributed by atoms with van der Waals surface area (Å²) in [5, 5.41) is 3.61. The van der Waals surface area contributed by atoms with Crippen LogP contribution in [0.5, 0.6) is 0 Å². The Hall–Kier alpha value is -0.670. The lowest BCUT2D eigenvalue weighted by Crippen LogP contribution is -2.27. The minimum Gasteiger partial charge on any atom is -0.310 e. The minimum absolute atomic E-state index is 0.293. The summed E-state index contributed by atoms with van der Waals surface area (Å²) in [7, 11) is -0.684. The molecule has 0 saturated heterocycles. The van der Waals surface area contributed by atoms with E-state index >= 15 is 0 Å². The molecule has 1 N–H and O–H groups in total. The fraction of sp³-hybridized carbons (Fsp3) is 0.625. The number of hydrogen-bond acceptors (Lipinski definition) is 2. The van der Waals surface area contributed by atoms with Crippen molar-refractivity contribution in [1.82, 2.24) is 5.32 Å². The van der Waals surface area contributed by atoms with Crippen LogP contribution in [0.25, 0.3) is 0 Å². The largest absolute Gasteiger partial charge is 0.310 e. The predicted molar refractivity (Wildman–Crippen MR) is 84.8 cm³/mol. The molecule has 2 unspecified atom stereocenters. The molecule has 0 spiro atoms. The van der Waals surface area contributed by atoms with Gasteiger partial charge in [0.15, 0.2) is 0 Å². The van der Waals surface area contributed by atoms with Gasteiger partial charge in [-0.3, -0.25) is 4.21 Å². The van der Waals surface area contributed by atoms with Gasteiger partial charge in [-0.15, -0.1) is 0 Å². The second-order valence-electron chi connectivity index (χ2n) is 6.31. The van der Waals surface area contributed by atoms with E-state index in [0.29, 0.717) is 11.5 Å². The average Bonchev–Trinajstić information content (AvgIpc) is 2.32. The molecule has 0 amide bonds. The predicted octanol–water partition coefficient (Wildman–Crippen LogP) is 3.52. The van der Waals surface area contributed by atoms with E-state index in [-0.39, 0.29) is 0 Å². The van der Waals surface area contributed by atoms with Crippen molar-refractivity contribution in [3.05, 3.63) is 35.9 Å². The van der Waals surface area contributed by atoms with Crippen LogP contribution < -0.4 is 5.32 Å². The molecule has 0 aliphatic heterocycles. The fourth-order valence-electron chi connectivity index (χ4n) is 2.16. The average molecular weight is 281 g/mol. The van der Waals surface area contributed by atoms with Crippen molar-refractivity contribution in [3.63, 3.8) is 0 Å². The Kier molecular flexibility index (Phi) is 6.73. The summed E-state index contributed by atoms with van der Waals surface area (Å²) in [6.07, 6.45) is 3.84. The Morgan fingerprint density at radius 2 is 1.84 bits per heavy atom. The maximum absolute atomic E-state index is 11.1. The van der Waals surface area contributed by atoms with Crippen LogP contribution in [-0.4, -0.2) is 22.8 Å². The van der Waals surface area contributed by atoms with Gasteiger partial charge in [0.05, 0.1) is 0 Å². The van der Waals surface area contributed by atoms with Crippen molar-refractivity contribution >= 4 is 10.8 Å². The topological polar surface area (TPSA) is 29.1 Å². The monoisotopic (exact) mass is 281 g/mol. The zero-order valence-corrected chi connectivity index (χ0v) is 13.4. The van der Waals surface area contributed by atoms with Crippen LogP contribution in [0.4, 0.5) is 0 Å². The van der Waals surface area contributed by atoms with Gasteiger partial charge in [-0.25, -0.2) is 0 Å². The van der Waals surface area contributed by atoms with Gasteiger partial charge in [-0.05, 0) is 30.4 Å². The number of hydrogen-bond donors (Lipinski definition) is 1. The van der Waals surface area contributed by atoms with Crippen molar-refractivity contribution in [2.45, 2.75) is 39.7 Å². The van der Waals surface area contributed by atoms with Gasteiger partial charge >= 0.3 is 0 Å². The zero-order valence-electron chi connectivity index (χ0n) is 12.6. The molecule has 3 heteroatoms. The van der Waals surface area contributed by atoms with Crippen molar-refractivity contribution in [2.24, 2.45) is 5.41 Å². The van der Waals surface area contributed by atoms with E-state index in [1.54, 1.807) is 6.26 Å². The van der Waals surface area contributed by atoms with Crippen molar-refractivity contribution < 1.29 is 4.21 Å². The van der Waals surface area contributed by atoms with Gasteiger partial charge in [-0.2, -0.15) is 0 Å². The molecule has 2 nitrogen and oxygen atoms in total. The molecule has 0 radical (unpaired) electrons. The first kappa shape index (κ1) is 16.4. The van der Waals surface area contributed by atoms with Crippen LogP contribution in [0.1, 0.15) is 45.2 Å². The fourth-order valence-corrected chi connectivity index (χ4v) is 2.71. The van der Waals surface area contributed by atoms with Gasteiger partial charge in [0, 0.05) is 28.9 Å². The summed E-state index contributed by atoms with van der Waals surface area (Å²) >= 11 is 0. The smallest absolute Gasteiger partial charge is 0.0325 e. The number of benzene rings is 1. The number of rotatable bonds is 7. The maximum Gasteiger partial charge on any atom is 0.0325 e. The third-order valence-electron chi connectivity index (χ3n) is 3.02. The third-order valence-corrected chi connectivity index (χ3v) is 3.88. The molecule has 1 aromatic rings. The highest BCUT2D eigenvalue weighted by Crippen LogP contribution is 2.29. The summed E-state index contributed by atoms with van der Waals surface area (Å²) in [5.41, 5.74) is 1.64. The molecule has 0 bridgehead atoms. The number of nitrogens with one attached hydrogen (secondary N) is 1. The van der Waals surface area contributed by atoms with E-state index < -0.39 is 10.8 Å². The van der Waals surface area contributed by atoms with Gasteiger partial charge in [-0.1, -0.05) is 51.1 Å². The Labute approximate surface area is 120 Å². The molecule has 1 rings (SSSR count). The van der Waals surface area contributed by atoms with Crippen LogP contribution in [0, 0.1) is 5.41 Å². The lowest BCUT2D eigenvalue weighted by Gasteiger charge is -2.27. The van der Waals surface area contributed by atoms with Gasteiger partial charge < -0.3 is 5.32 Å². The van der Waals surface area contributed by atoms with E-state index in [1.807, 2.05) is 0 Å². The van der Waals surface area contributed by atoms with Gasteiger partial charge in [0.1, 0.15) is 0 Å². The summed E-state index contributed by atoms with van der Waals surface area (Å²) < 4.78 is 11.1. The van der Waals surface area contributed by atoms with E-state index in [2.05, 4.69) is 56.4 Å². The lowest BCUT2D eigenvalue weighted by atomic mass is 9.85. The first-order chi connectivity index (χ1) is 8.88. The van der Waals surface area contributed by atoms with E-state index in [9.17, 15) is 4.21 Å². The molecule has 19 heavy (non-hydrogen) atoms. The molecule has 0 aliphatic carbocycles. The highest BCUT2D eigenvalue weighted by Gasteiger charge is 2.19. The first-order valence-corrected chi connectivity index (χ1v) is 8.69. The lowest BCUT2D eigenvalue weighted by molar-refractivity contribution is 0.312. The highest BCUT2D eigenvalue weighted by atomic mass is 32.2. The van der Waals surface area contributed by atoms with Gasteiger partial charge in [0.25, 0.3) is 0 Å². The molecular weight excluding hydrogens is 254 g/mol. The highest BCUT2D eigenvalue weighted by molar-refractivity contribution is 7.84. The van der Waals surface area contributed by atoms with Crippen LogP contribution in [0.3, 0.4) is 0 Å². The zero-order chi connectivity index (χ0) is 14.3. The maximum atomic E-state index is 11.1. The van der Waals surface area contributed by atoms with Crippen molar-refractivity contribution in [3.8, 4) is 0 Å². The Morgan fingerprint density at radius 3 is 2.37 bits per heavy atom. The summed E-state index contributed by atoms with van der Waals surface area (Å²) in [4.78, 5) is 0. The molecule has 2 atom stereocenters. The SMILES string of the molecule is CS(=O)CCCNC(CC(C)(C)C)c1ccccc1. The summed E-state index contributed by atoms with van der Waals surface area (Å²) in [6, 6.07) is 11.0. The molecular formula is C16H27NOS. The molecule has 0 saturated carbocycles. The van der Waals surface area contributed by atoms with Crippen LogP contribution in [0.15, 0.2) is 30.3 Å². The first-order valence-electron chi connectivity index (χ1n) is 6.97. The van der Waals surface area contributed by atoms with Gasteiger partial charge in [0.2, 0.25) is 0 Å². The Morgan fingerprint density at radius 1 is 1.21 bits per heavy atom. The third kappa shape index (κ3) is 7.48. The second-order valence-corrected chi connectivity index (χ2v) is 7.87. The van der Waals surface area contributed by atoms with Crippen LogP contribution in [-0.2, 0) is 10.8 Å². The van der Waals surface area contributed by atoms with E-state index in [1.165, 1.54) is 5.56 Å². The molecule has 1 aromatic carbocycles. The van der Waals surface area contributed by atoms with Crippen molar-refractivity contribution in [2.75, 3.05) is 18.6 Å². The minimum atomic E-state index is -0.684. The molecule has 0 fully saturated rings. The quantitative estimate of drug-likeness (QED) is 0.775. The standard InChI is InChI=1S/C16H27NOS/c1-16(2,3)13-15(14-9-6-5-7-10-14)17-11-8-12-19(4)18/h5-7,9-10,15,17H,8,11-13H2,1-4H3. The van der Waals surface area contributed by atoms with Crippen molar-refractivity contribution in [1.29, 1.82) is 0 Å². The normalized spacial score (nSPS) is 15.2. The van der Waals surface area contributed by atoms with Crippen LogP contribution in [0.2, 0.25) is 0 Å². The Bertz CT molecular complexity index is 383. The summed E-state index contributed by atoms with van der Waals surface area (Å²) in [6.45, 7) is 7.73. The second kappa shape index (κ2) is 7.81. The molecule has 0 aromatic heterocycles. The Balaban J connectivity index is 2.58. The molecule has 108 valence electrons. The molecule has 0 aliphatic rings. The summed E-state index contributed by atoms with van der Waals surface area (Å²) in [5.74, 6) is 0.782. The van der Waals surface area contributed by atoms with E-state index in [0.717, 1.165) is 25.1 Å².